The molecule has 4 nitrogen and oxygen atoms in total. The SMILES string of the molecule is CCNC(Cc1cncs1)c1cncn1C. The molecule has 0 aliphatic carbocycles. The molecule has 0 radical (unpaired) electrons. The van der Waals surface area contributed by atoms with E-state index in [4.69, 9.17) is 0 Å². The van der Waals surface area contributed by atoms with Gasteiger partial charge >= 0.3 is 0 Å². The van der Waals surface area contributed by atoms with Gasteiger partial charge in [0.15, 0.2) is 0 Å². The van der Waals surface area contributed by atoms with E-state index >= 15 is 0 Å². The van der Waals surface area contributed by atoms with Crippen molar-refractivity contribution in [1.29, 1.82) is 0 Å². The molecule has 5 heteroatoms. The third-order valence-corrected chi connectivity index (χ3v) is 3.35. The normalized spacial score (nSPS) is 12.9. The molecule has 16 heavy (non-hydrogen) atoms. The third kappa shape index (κ3) is 2.48. The van der Waals surface area contributed by atoms with Gasteiger partial charge in [0.1, 0.15) is 0 Å². The second kappa shape index (κ2) is 5.23. The Morgan fingerprint density at radius 2 is 2.31 bits per heavy atom. The lowest BCUT2D eigenvalue weighted by Crippen LogP contribution is -2.24. The largest absolute Gasteiger partial charge is 0.336 e. The van der Waals surface area contributed by atoms with Crippen molar-refractivity contribution in [2.75, 3.05) is 6.54 Å². The zero-order valence-corrected chi connectivity index (χ0v) is 10.4. The first kappa shape index (κ1) is 11.3. The van der Waals surface area contributed by atoms with Gasteiger partial charge in [-0.25, -0.2) is 4.98 Å². The van der Waals surface area contributed by atoms with Gasteiger partial charge in [-0.05, 0) is 6.54 Å². The fraction of sp³-hybridized carbons (Fsp3) is 0.455. The Morgan fingerprint density at radius 3 is 2.88 bits per heavy atom. The van der Waals surface area contributed by atoms with Crippen LogP contribution in [0.4, 0.5) is 0 Å². The molecule has 2 aromatic rings. The molecule has 0 aliphatic rings. The Morgan fingerprint density at radius 1 is 1.44 bits per heavy atom. The number of hydrogen-bond acceptors (Lipinski definition) is 4. The maximum atomic E-state index is 4.16. The Kier molecular flexibility index (Phi) is 3.69. The van der Waals surface area contributed by atoms with Gasteiger partial charge in [-0.2, -0.15) is 0 Å². The first-order valence-corrected chi connectivity index (χ1v) is 6.26. The molecule has 86 valence electrons. The van der Waals surface area contributed by atoms with E-state index in [0.29, 0.717) is 6.04 Å². The smallest absolute Gasteiger partial charge is 0.0946 e. The summed E-state index contributed by atoms with van der Waals surface area (Å²) in [6, 6.07) is 0.318. The van der Waals surface area contributed by atoms with E-state index in [1.54, 1.807) is 11.3 Å². The fourth-order valence-corrected chi connectivity index (χ4v) is 2.42. The van der Waals surface area contributed by atoms with Crippen molar-refractivity contribution in [3.05, 3.63) is 34.8 Å². The Bertz CT molecular complexity index is 421. The number of hydrogen-bond donors (Lipinski definition) is 1. The Balaban J connectivity index is 2.14. The van der Waals surface area contributed by atoms with Gasteiger partial charge in [-0.15, -0.1) is 11.3 Å². The monoisotopic (exact) mass is 236 g/mol. The molecule has 1 atom stereocenters. The molecule has 1 N–H and O–H groups in total. The Hall–Kier alpha value is -1.20. The van der Waals surface area contributed by atoms with Crippen LogP contribution < -0.4 is 5.32 Å². The minimum Gasteiger partial charge on any atom is -0.336 e. The predicted octanol–water partition coefficient (Wildman–Crippen LogP) is 1.77. The summed E-state index contributed by atoms with van der Waals surface area (Å²) in [5, 5.41) is 3.48. The highest BCUT2D eigenvalue weighted by molar-refractivity contribution is 7.09. The van der Waals surface area contributed by atoms with Crippen molar-refractivity contribution in [2.45, 2.75) is 19.4 Å². The van der Waals surface area contributed by atoms with Crippen LogP contribution in [0.1, 0.15) is 23.5 Å². The zero-order valence-electron chi connectivity index (χ0n) is 9.55. The number of nitrogens with zero attached hydrogens (tertiary/aromatic N) is 3. The van der Waals surface area contributed by atoms with E-state index in [-0.39, 0.29) is 0 Å². The van der Waals surface area contributed by atoms with Crippen LogP contribution in [0, 0.1) is 0 Å². The number of thiazole rings is 1. The number of aryl methyl sites for hydroxylation is 1. The first-order valence-electron chi connectivity index (χ1n) is 5.38. The summed E-state index contributed by atoms with van der Waals surface area (Å²) in [7, 11) is 2.03. The van der Waals surface area contributed by atoms with Crippen LogP contribution >= 0.6 is 11.3 Å². The van der Waals surface area contributed by atoms with Crippen molar-refractivity contribution >= 4 is 11.3 Å². The quantitative estimate of drug-likeness (QED) is 0.860. The maximum Gasteiger partial charge on any atom is 0.0946 e. The van der Waals surface area contributed by atoms with Crippen molar-refractivity contribution in [2.24, 2.45) is 7.05 Å². The number of aromatic nitrogens is 3. The highest BCUT2D eigenvalue weighted by Gasteiger charge is 2.14. The van der Waals surface area contributed by atoms with Gasteiger partial charge in [0.25, 0.3) is 0 Å². The van der Waals surface area contributed by atoms with E-state index < -0.39 is 0 Å². The summed E-state index contributed by atoms with van der Waals surface area (Å²) in [5.41, 5.74) is 3.09. The molecule has 1 unspecified atom stereocenters. The van der Waals surface area contributed by atoms with Crippen LogP contribution in [-0.4, -0.2) is 21.1 Å². The van der Waals surface area contributed by atoms with Gasteiger partial charge in [0, 0.05) is 30.7 Å². The molecule has 0 spiro atoms. The van der Waals surface area contributed by atoms with Gasteiger partial charge < -0.3 is 9.88 Å². The van der Waals surface area contributed by atoms with Crippen LogP contribution in [-0.2, 0) is 13.5 Å². The number of rotatable bonds is 5. The minimum atomic E-state index is 0.318. The fourth-order valence-electron chi connectivity index (χ4n) is 1.78. The molecule has 0 bridgehead atoms. The Labute approximate surface area is 99.4 Å². The van der Waals surface area contributed by atoms with E-state index in [9.17, 15) is 0 Å². The van der Waals surface area contributed by atoms with Crippen molar-refractivity contribution < 1.29 is 0 Å². The lowest BCUT2D eigenvalue weighted by Gasteiger charge is -2.17. The summed E-state index contributed by atoms with van der Waals surface area (Å²) in [6.45, 7) is 3.07. The average molecular weight is 236 g/mol. The van der Waals surface area contributed by atoms with Crippen molar-refractivity contribution in [3.8, 4) is 0 Å². The molecule has 0 amide bonds. The highest BCUT2D eigenvalue weighted by Crippen LogP contribution is 2.19. The molecular weight excluding hydrogens is 220 g/mol. The standard InChI is InChI=1S/C11H16N4S/c1-3-14-10(4-9-5-13-8-16-9)11-6-12-7-15(11)2/h5-8,10,14H,3-4H2,1-2H3. The van der Waals surface area contributed by atoms with E-state index in [1.165, 1.54) is 10.6 Å². The second-order valence-electron chi connectivity index (χ2n) is 3.71. The summed E-state index contributed by atoms with van der Waals surface area (Å²) in [6.07, 6.45) is 6.67. The van der Waals surface area contributed by atoms with Gasteiger partial charge in [-0.1, -0.05) is 6.92 Å². The van der Waals surface area contributed by atoms with Gasteiger partial charge in [0.05, 0.1) is 23.6 Å². The molecule has 0 aromatic carbocycles. The molecule has 2 aromatic heterocycles. The van der Waals surface area contributed by atoms with E-state index in [1.807, 2.05) is 31.3 Å². The van der Waals surface area contributed by atoms with Crippen LogP contribution in [0.2, 0.25) is 0 Å². The van der Waals surface area contributed by atoms with Crippen LogP contribution in [0.5, 0.6) is 0 Å². The summed E-state index contributed by atoms with van der Waals surface area (Å²) < 4.78 is 2.06. The van der Waals surface area contributed by atoms with Gasteiger partial charge in [-0.3, -0.25) is 4.98 Å². The summed E-state index contributed by atoms with van der Waals surface area (Å²) >= 11 is 1.70. The van der Waals surface area contributed by atoms with Crippen LogP contribution in [0.3, 0.4) is 0 Å². The highest BCUT2D eigenvalue weighted by atomic mass is 32.1. The average Bonchev–Trinajstić information content (AvgIpc) is 2.88. The van der Waals surface area contributed by atoms with Crippen LogP contribution in [0.15, 0.2) is 24.2 Å². The van der Waals surface area contributed by atoms with E-state index in [0.717, 1.165) is 13.0 Å². The first-order chi connectivity index (χ1) is 7.81. The molecule has 2 rings (SSSR count). The number of nitrogens with one attached hydrogen (secondary N) is 1. The lowest BCUT2D eigenvalue weighted by molar-refractivity contribution is 0.523. The van der Waals surface area contributed by atoms with Crippen LogP contribution in [0.25, 0.3) is 0 Å². The third-order valence-electron chi connectivity index (χ3n) is 2.55. The molecule has 0 fully saturated rings. The van der Waals surface area contributed by atoms with E-state index in [2.05, 4.69) is 26.8 Å². The summed E-state index contributed by atoms with van der Waals surface area (Å²) in [5.74, 6) is 0. The molecule has 0 saturated heterocycles. The molecule has 2 heterocycles. The van der Waals surface area contributed by atoms with Crippen molar-refractivity contribution in [1.82, 2.24) is 19.9 Å². The molecule has 0 aliphatic heterocycles. The number of likely N-dealkylation sites (N-methyl/N-ethyl adjacent to an activating group) is 1. The van der Waals surface area contributed by atoms with Gasteiger partial charge in [0.2, 0.25) is 0 Å². The predicted molar refractivity (Wildman–Crippen MR) is 65.4 cm³/mol. The zero-order chi connectivity index (χ0) is 11.4. The minimum absolute atomic E-state index is 0.318. The van der Waals surface area contributed by atoms with Crippen molar-refractivity contribution in [3.63, 3.8) is 0 Å². The lowest BCUT2D eigenvalue weighted by atomic mass is 10.1. The maximum absolute atomic E-state index is 4.16. The molecule has 0 saturated carbocycles. The topological polar surface area (TPSA) is 42.7 Å². The second-order valence-corrected chi connectivity index (χ2v) is 4.68. The molecular formula is C11H16N4S. The summed E-state index contributed by atoms with van der Waals surface area (Å²) in [4.78, 5) is 9.57. The number of imidazole rings is 1.